The Morgan fingerprint density at radius 3 is 2.87 bits per heavy atom. The average molecular weight is 289 g/mol. The zero-order valence-corrected chi connectivity index (χ0v) is 11.8. The van der Waals surface area contributed by atoms with E-state index in [1.165, 1.54) is 12.2 Å². The van der Waals surface area contributed by atoms with Gasteiger partial charge in [0, 0.05) is 13.1 Å². The molecule has 1 rings (SSSR count). The van der Waals surface area contributed by atoms with Crippen LogP contribution in [-0.4, -0.2) is 30.1 Å². The molecule has 15 heavy (non-hydrogen) atoms. The van der Waals surface area contributed by atoms with Crippen LogP contribution in [0.1, 0.15) is 13.3 Å². The fourth-order valence-electron chi connectivity index (χ4n) is 1.30. The van der Waals surface area contributed by atoms with E-state index >= 15 is 0 Å². The Labute approximate surface area is 105 Å². The first kappa shape index (κ1) is 12.8. The highest BCUT2D eigenvalue weighted by Gasteiger charge is 2.10. The van der Waals surface area contributed by atoms with Crippen LogP contribution in [0.15, 0.2) is 22.8 Å². The van der Waals surface area contributed by atoms with Gasteiger partial charge in [0.05, 0.1) is 0 Å². The molecule has 2 nitrogen and oxygen atoms in total. The molecule has 0 aliphatic rings. The molecule has 4 heteroatoms. The van der Waals surface area contributed by atoms with Crippen LogP contribution in [0.25, 0.3) is 0 Å². The summed E-state index contributed by atoms with van der Waals surface area (Å²) < 4.78 is 0.893. The van der Waals surface area contributed by atoms with Crippen LogP contribution in [0.3, 0.4) is 0 Å². The van der Waals surface area contributed by atoms with Crippen molar-refractivity contribution in [3.63, 3.8) is 0 Å². The van der Waals surface area contributed by atoms with Gasteiger partial charge in [-0.1, -0.05) is 6.07 Å². The van der Waals surface area contributed by atoms with Gasteiger partial charge in [-0.25, -0.2) is 4.98 Å². The van der Waals surface area contributed by atoms with Crippen LogP contribution in [0.5, 0.6) is 0 Å². The third-order valence-corrected chi connectivity index (χ3v) is 3.55. The van der Waals surface area contributed by atoms with E-state index < -0.39 is 0 Å². The molecule has 0 amide bonds. The van der Waals surface area contributed by atoms with E-state index in [0.29, 0.717) is 6.04 Å². The predicted molar refractivity (Wildman–Crippen MR) is 72.8 cm³/mol. The van der Waals surface area contributed by atoms with Gasteiger partial charge < -0.3 is 4.90 Å². The molecule has 84 valence electrons. The van der Waals surface area contributed by atoms with Crippen LogP contribution >= 0.6 is 27.7 Å². The predicted octanol–water partition coefficient (Wildman–Crippen LogP) is 3.42. The summed E-state index contributed by atoms with van der Waals surface area (Å²) >= 11 is 5.28. The number of aromatic nitrogens is 1. The molecule has 0 aliphatic heterocycles. The SMILES string of the molecule is CSCCC(C)N(C)c1cccc(Br)n1. The Bertz CT molecular complexity index is 306. The lowest BCUT2D eigenvalue weighted by molar-refractivity contribution is 0.662. The third-order valence-electron chi connectivity index (χ3n) is 2.46. The fraction of sp³-hybridized carbons (Fsp3) is 0.545. The smallest absolute Gasteiger partial charge is 0.129 e. The molecule has 0 fully saturated rings. The molecular weight excluding hydrogens is 272 g/mol. The van der Waals surface area contributed by atoms with Crippen LogP contribution in [0.4, 0.5) is 5.82 Å². The van der Waals surface area contributed by atoms with Crippen LogP contribution in [0, 0.1) is 0 Å². The van der Waals surface area contributed by atoms with Crippen molar-refractivity contribution in [3.8, 4) is 0 Å². The summed E-state index contributed by atoms with van der Waals surface area (Å²) in [7, 11) is 2.10. The quantitative estimate of drug-likeness (QED) is 0.773. The van der Waals surface area contributed by atoms with E-state index in [2.05, 4.69) is 46.0 Å². The van der Waals surface area contributed by atoms with Crippen molar-refractivity contribution in [2.45, 2.75) is 19.4 Å². The Kier molecular flexibility index (Phi) is 5.47. The maximum atomic E-state index is 4.44. The van der Waals surface area contributed by atoms with Crippen molar-refractivity contribution < 1.29 is 0 Å². The van der Waals surface area contributed by atoms with E-state index in [-0.39, 0.29) is 0 Å². The van der Waals surface area contributed by atoms with Crippen molar-refractivity contribution >= 4 is 33.5 Å². The Balaban J connectivity index is 2.62. The summed E-state index contributed by atoms with van der Waals surface area (Å²) in [6, 6.07) is 6.54. The number of hydrogen-bond acceptors (Lipinski definition) is 3. The molecule has 0 saturated carbocycles. The highest BCUT2D eigenvalue weighted by Crippen LogP contribution is 2.17. The Morgan fingerprint density at radius 1 is 1.53 bits per heavy atom. The summed E-state index contributed by atoms with van der Waals surface area (Å²) in [6.07, 6.45) is 3.33. The van der Waals surface area contributed by atoms with Gasteiger partial charge in [-0.15, -0.1) is 0 Å². The van der Waals surface area contributed by atoms with Crippen molar-refractivity contribution in [2.24, 2.45) is 0 Å². The van der Waals surface area contributed by atoms with Gasteiger partial charge in [0.15, 0.2) is 0 Å². The minimum absolute atomic E-state index is 0.527. The number of thioether (sulfide) groups is 1. The molecule has 1 aromatic heterocycles. The summed E-state index contributed by atoms with van der Waals surface area (Å²) in [4.78, 5) is 6.66. The van der Waals surface area contributed by atoms with Gasteiger partial charge in [0.1, 0.15) is 10.4 Å². The molecule has 1 heterocycles. The second-order valence-electron chi connectivity index (χ2n) is 3.56. The molecule has 1 atom stereocenters. The monoisotopic (exact) mass is 288 g/mol. The molecule has 0 saturated heterocycles. The molecule has 1 aromatic rings. The van der Waals surface area contributed by atoms with E-state index in [4.69, 9.17) is 0 Å². The third kappa shape index (κ3) is 4.03. The second kappa shape index (κ2) is 6.38. The maximum absolute atomic E-state index is 4.44. The topological polar surface area (TPSA) is 16.1 Å². The molecule has 0 aromatic carbocycles. The van der Waals surface area contributed by atoms with Gasteiger partial charge >= 0.3 is 0 Å². The Hall–Kier alpha value is -0.220. The minimum atomic E-state index is 0.527. The van der Waals surface area contributed by atoms with E-state index in [1.54, 1.807) is 0 Å². The first-order chi connectivity index (χ1) is 7.15. The van der Waals surface area contributed by atoms with Crippen molar-refractivity contribution in [2.75, 3.05) is 24.0 Å². The first-order valence-corrected chi connectivity index (χ1v) is 7.18. The zero-order valence-electron chi connectivity index (χ0n) is 9.40. The van der Waals surface area contributed by atoms with Gasteiger partial charge in [0.2, 0.25) is 0 Å². The molecule has 0 N–H and O–H groups in total. The summed E-state index contributed by atoms with van der Waals surface area (Å²) in [5.74, 6) is 2.22. The summed E-state index contributed by atoms with van der Waals surface area (Å²) in [6.45, 7) is 2.23. The zero-order chi connectivity index (χ0) is 11.3. The molecule has 0 spiro atoms. The second-order valence-corrected chi connectivity index (χ2v) is 5.36. The van der Waals surface area contributed by atoms with Gasteiger partial charge in [-0.3, -0.25) is 0 Å². The van der Waals surface area contributed by atoms with Gasteiger partial charge in [-0.2, -0.15) is 11.8 Å². The number of nitrogens with zero attached hydrogens (tertiary/aromatic N) is 2. The van der Waals surface area contributed by atoms with Crippen molar-refractivity contribution in [1.82, 2.24) is 4.98 Å². The van der Waals surface area contributed by atoms with Gasteiger partial charge in [-0.05, 0) is 53.4 Å². The molecule has 1 unspecified atom stereocenters. The van der Waals surface area contributed by atoms with Gasteiger partial charge in [0.25, 0.3) is 0 Å². The number of rotatable bonds is 5. The minimum Gasteiger partial charge on any atom is -0.357 e. The Morgan fingerprint density at radius 2 is 2.27 bits per heavy atom. The van der Waals surface area contributed by atoms with Crippen molar-refractivity contribution in [3.05, 3.63) is 22.8 Å². The molecule has 0 bridgehead atoms. The van der Waals surface area contributed by atoms with Crippen LogP contribution < -0.4 is 4.90 Å². The highest BCUT2D eigenvalue weighted by molar-refractivity contribution is 9.10. The number of pyridine rings is 1. The normalized spacial score (nSPS) is 12.5. The van der Waals surface area contributed by atoms with E-state index in [9.17, 15) is 0 Å². The van der Waals surface area contributed by atoms with Crippen molar-refractivity contribution in [1.29, 1.82) is 0 Å². The maximum Gasteiger partial charge on any atom is 0.129 e. The molecular formula is C11H17BrN2S. The molecule has 0 radical (unpaired) electrons. The first-order valence-electron chi connectivity index (χ1n) is 4.99. The summed E-state index contributed by atoms with van der Waals surface area (Å²) in [5.41, 5.74) is 0. The lowest BCUT2D eigenvalue weighted by atomic mass is 10.2. The van der Waals surface area contributed by atoms with Crippen LogP contribution in [0.2, 0.25) is 0 Å². The number of halogens is 1. The van der Waals surface area contributed by atoms with E-state index in [0.717, 1.165) is 10.4 Å². The lowest BCUT2D eigenvalue weighted by Crippen LogP contribution is -2.30. The number of anilines is 1. The standard InChI is InChI=1S/C11H17BrN2S/c1-9(7-8-15-3)14(2)11-6-4-5-10(12)13-11/h4-6,9H,7-8H2,1-3H3. The number of hydrogen-bond donors (Lipinski definition) is 0. The lowest BCUT2D eigenvalue weighted by Gasteiger charge is -2.25. The van der Waals surface area contributed by atoms with E-state index in [1.807, 2.05) is 30.0 Å². The largest absolute Gasteiger partial charge is 0.357 e. The summed E-state index contributed by atoms with van der Waals surface area (Å²) in [5, 5.41) is 0. The molecule has 0 aliphatic carbocycles. The highest BCUT2D eigenvalue weighted by atomic mass is 79.9. The fourth-order valence-corrected chi connectivity index (χ4v) is 2.21. The van der Waals surface area contributed by atoms with Crippen LogP contribution in [-0.2, 0) is 0 Å². The average Bonchev–Trinajstić information content (AvgIpc) is 2.24.